The van der Waals surface area contributed by atoms with Crippen LogP contribution in [0.3, 0.4) is 0 Å². The molecule has 0 aliphatic carbocycles. The van der Waals surface area contributed by atoms with Gasteiger partial charge in [-0.25, -0.2) is 4.79 Å². The van der Waals surface area contributed by atoms with Crippen LogP contribution in [0.5, 0.6) is 0 Å². The molecule has 1 aliphatic heterocycles. The fraction of sp³-hybridized carbons (Fsp3) is 0.400. The normalized spacial score (nSPS) is 23.7. The van der Waals surface area contributed by atoms with Gasteiger partial charge in [-0.05, 0) is 6.92 Å². The van der Waals surface area contributed by atoms with Crippen molar-refractivity contribution in [2.24, 2.45) is 0 Å². The smallest absolute Gasteiger partial charge is 0.414 e. The summed E-state index contributed by atoms with van der Waals surface area (Å²) < 4.78 is 4.34. The van der Waals surface area contributed by atoms with Crippen LogP contribution in [0.4, 0.5) is 0 Å². The van der Waals surface area contributed by atoms with Crippen LogP contribution in [0.15, 0.2) is 11.5 Å². The zero-order valence-corrected chi connectivity index (χ0v) is 5.60. The number of carbonyl (C=O) groups is 1. The zero-order valence-electron chi connectivity index (χ0n) is 5.60. The molecule has 0 spiro atoms. The Morgan fingerprint density at radius 3 is 2.45 bits per heavy atom. The van der Waals surface area contributed by atoms with E-state index in [1.165, 1.54) is 6.92 Å². The van der Waals surface area contributed by atoms with E-state index in [1.807, 2.05) is 0 Å². The van der Waals surface area contributed by atoms with Crippen molar-refractivity contribution in [2.75, 3.05) is 0 Å². The molecule has 60 valence electrons. The van der Waals surface area contributed by atoms with Crippen LogP contribution in [0.2, 0.25) is 0 Å². The van der Waals surface area contributed by atoms with Gasteiger partial charge in [-0.2, -0.15) is 0 Å². The summed E-state index contributed by atoms with van der Waals surface area (Å²) in [5.41, 5.74) is -0.863. The summed E-state index contributed by atoms with van der Waals surface area (Å²) >= 11 is 0. The monoisotopic (exact) mass is 159 g/mol. The van der Waals surface area contributed by atoms with Crippen molar-refractivity contribution in [2.45, 2.75) is 13.0 Å². The van der Waals surface area contributed by atoms with E-state index in [0.717, 1.165) is 0 Å². The van der Waals surface area contributed by atoms with Gasteiger partial charge in [0.1, 0.15) is 0 Å². The molecule has 6 heteroatoms. The van der Waals surface area contributed by atoms with E-state index in [2.05, 4.69) is 4.74 Å². The molecule has 0 aromatic heterocycles. The predicted octanol–water partition coefficient (Wildman–Crippen LogP) is -0.0220. The van der Waals surface area contributed by atoms with Crippen LogP contribution in [-0.2, 0) is 9.53 Å². The van der Waals surface area contributed by atoms with Gasteiger partial charge in [0.15, 0.2) is 6.10 Å². The lowest BCUT2D eigenvalue weighted by atomic mass is 10.3. The van der Waals surface area contributed by atoms with Gasteiger partial charge in [-0.15, -0.1) is 0 Å². The van der Waals surface area contributed by atoms with Crippen molar-refractivity contribution in [3.8, 4) is 0 Å². The Morgan fingerprint density at radius 2 is 2.27 bits per heavy atom. The molecule has 0 aromatic rings. The molecule has 1 atom stereocenters. The fourth-order valence-corrected chi connectivity index (χ4v) is 0.737. The highest BCUT2D eigenvalue weighted by Gasteiger charge is 2.40. The average Bonchev–Trinajstić information content (AvgIpc) is 2.07. The molecular weight excluding hydrogens is 154 g/mol. The molecule has 1 heterocycles. The topological polar surface area (TPSA) is 89.7 Å². The molecule has 0 saturated heterocycles. The maximum absolute atomic E-state index is 10.6. The highest BCUT2D eigenvalue weighted by Crippen LogP contribution is 2.19. The van der Waals surface area contributed by atoms with Gasteiger partial charge in [0, 0.05) is 0 Å². The first-order valence-corrected chi connectivity index (χ1v) is 2.82. The van der Waals surface area contributed by atoms with Gasteiger partial charge in [-0.3, -0.25) is 10.1 Å². The third-order valence-corrected chi connectivity index (χ3v) is 1.29. The largest absolute Gasteiger partial charge is 0.503 e. The minimum atomic E-state index is -1.08. The van der Waals surface area contributed by atoms with E-state index >= 15 is 0 Å². The minimum Gasteiger partial charge on any atom is -0.503 e. The first-order valence-electron chi connectivity index (χ1n) is 2.82. The summed E-state index contributed by atoms with van der Waals surface area (Å²) in [5.74, 6) is -1.69. The first kappa shape index (κ1) is 7.52. The van der Waals surface area contributed by atoms with Crippen molar-refractivity contribution >= 4 is 5.97 Å². The van der Waals surface area contributed by atoms with Gasteiger partial charge >= 0.3 is 11.7 Å². The van der Waals surface area contributed by atoms with Crippen LogP contribution < -0.4 is 0 Å². The van der Waals surface area contributed by atoms with Gasteiger partial charge in [0.2, 0.25) is 5.76 Å². The number of hydrogen-bond donors (Lipinski definition) is 1. The highest BCUT2D eigenvalue weighted by molar-refractivity contribution is 5.88. The summed E-state index contributed by atoms with van der Waals surface area (Å²) in [6.45, 7) is 1.35. The van der Waals surface area contributed by atoms with E-state index in [1.54, 1.807) is 0 Å². The molecule has 0 aromatic carbocycles. The summed E-state index contributed by atoms with van der Waals surface area (Å²) in [6, 6.07) is 0. The molecule has 0 radical (unpaired) electrons. The van der Waals surface area contributed by atoms with Crippen LogP contribution >= 0.6 is 0 Å². The maximum Gasteiger partial charge on any atom is 0.414 e. The Labute approximate surface area is 61.2 Å². The highest BCUT2D eigenvalue weighted by atomic mass is 16.6. The number of nitrogens with zero attached hydrogens (tertiary/aromatic N) is 1. The van der Waals surface area contributed by atoms with Crippen LogP contribution in [0.1, 0.15) is 6.92 Å². The van der Waals surface area contributed by atoms with Crippen LogP contribution in [0, 0.1) is 10.1 Å². The standard InChI is InChI=1S/C5H5NO5/c1-2-4(7)3(6(9)10)5(8)11-2/h2,7H,1H3. The predicted molar refractivity (Wildman–Crippen MR) is 32.2 cm³/mol. The van der Waals surface area contributed by atoms with Gasteiger partial charge in [0.05, 0.1) is 4.92 Å². The Hall–Kier alpha value is -1.59. The van der Waals surface area contributed by atoms with E-state index < -0.39 is 28.5 Å². The molecule has 6 nitrogen and oxygen atoms in total. The molecule has 0 bridgehead atoms. The number of hydrogen-bond acceptors (Lipinski definition) is 5. The molecule has 11 heavy (non-hydrogen) atoms. The lowest BCUT2D eigenvalue weighted by Crippen LogP contribution is -2.08. The Morgan fingerprint density at radius 1 is 1.73 bits per heavy atom. The second-order valence-corrected chi connectivity index (χ2v) is 2.04. The van der Waals surface area contributed by atoms with E-state index in [4.69, 9.17) is 5.11 Å². The van der Waals surface area contributed by atoms with Gasteiger partial charge in [-0.1, -0.05) is 0 Å². The number of nitro groups is 1. The molecule has 1 rings (SSSR count). The first-order chi connectivity index (χ1) is 5.04. The number of aliphatic hydroxyl groups is 1. The fourth-order valence-electron chi connectivity index (χ4n) is 0.737. The van der Waals surface area contributed by atoms with Crippen molar-refractivity contribution in [1.82, 2.24) is 0 Å². The molecule has 1 aliphatic rings. The van der Waals surface area contributed by atoms with Crippen molar-refractivity contribution < 1.29 is 19.6 Å². The summed E-state index contributed by atoms with van der Waals surface area (Å²) in [7, 11) is 0. The number of cyclic esters (lactones) is 1. The number of carbonyl (C=O) groups excluding carboxylic acids is 1. The van der Waals surface area contributed by atoms with E-state index in [0.29, 0.717) is 0 Å². The molecule has 1 unspecified atom stereocenters. The Bertz CT molecular complexity index is 256. The minimum absolute atomic E-state index is 0.611. The third kappa shape index (κ3) is 1.02. The SMILES string of the molecule is CC1OC(=O)C([N+](=O)[O-])=C1O. The lowest BCUT2D eigenvalue weighted by molar-refractivity contribution is -0.421. The molecule has 0 saturated carbocycles. The van der Waals surface area contributed by atoms with Crippen molar-refractivity contribution in [3.63, 3.8) is 0 Å². The molecule has 0 fully saturated rings. The maximum atomic E-state index is 10.6. The molecule has 1 N–H and O–H groups in total. The second-order valence-electron chi connectivity index (χ2n) is 2.04. The van der Waals surface area contributed by atoms with E-state index in [-0.39, 0.29) is 0 Å². The molecular formula is C5H5NO5. The van der Waals surface area contributed by atoms with Crippen molar-refractivity contribution in [1.29, 1.82) is 0 Å². The Balaban J connectivity index is 3.07. The van der Waals surface area contributed by atoms with Gasteiger partial charge < -0.3 is 9.84 Å². The van der Waals surface area contributed by atoms with Crippen LogP contribution in [-0.4, -0.2) is 22.1 Å². The Kier molecular flexibility index (Phi) is 1.52. The average molecular weight is 159 g/mol. The van der Waals surface area contributed by atoms with Crippen LogP contribution in [0.25, 0.3) is 0 Å². The van der Waals surface area contributed by atoms with Crippen molar-refractivity contribution in [3.05, 3.63) is 21.6 Å². The lowest BCUT2D eigenvalue weighted by Gasteiger charge is -1.97. The van der Waals surface area contributed by atoms with Gasteiger partial charge in [0.25, 0.3) is 0 Å². The number of rotatable bonds is 1. The quantitative estimate of drug-likeness (QED) is 0.330. The van der Waals surface area contributed by atoms with E-state index in [9.17, 15) is 14.9 Å². The third-order valence-electron chi connectivity index (χ3n) is 1.29. The number of esters is 1. The zero-order chi connectivity index (χ0) is 8.59. The summed E-state index contributed by atoms with van der Waals surface area (Å²) in [5, 5.41) is 18.9. The number of aliphatic hydroxyl groups excluding tert-OH is 1. The summed E-state index contributed by atoms with van der Waals surface area (Å²) in [6.07, 6.45) is -0.900. The molecule has 0 amide bonds. The summed E-state index contributed by atoms with van der Waals surface area (Å²) in [4.78, 5) is 19.7. The number of ether oxygens (including phenoxy) is 1. The second kappa shape index (κ2) is 2.22.